The normalized spacial score (nSPS) is 11.4. The number of anilines is 1. The van der Waals surface area contributed by atoms with E-state index in [0.29, 0.717) is 29.0 Å². The van der Waals surface area contributed by atoms with Gasteiger partial charge in [-0.2, -0.15) is 13.2 Å². The number of amides is 1. The van der Waals surface area contributed by atoms with E-state index in [9.17, 15) is 18.0 Å². The maximum Gasteiger partial charge on any atom is 0.416 e. The van der Waals surface area contributed by atoms with Gasteiger partial charge in [0, 0.05) is 23.7 Å². The SMILES string of the molecule is C=CCn1c(Cc2ccc(Cl)cc2)nnc1SCC(=O)Nc1cccc(C(F)(F)F)c1. The van der Waals surface area contributed by atoms with Crippen molar-refractivity contribution >= 4 is 35.0 Å². The zero-order valence-electron chi connectivity index (χ0n) is 16.2. The summed E-state index contributed by atoms with van der Waals surface area (Å²) in [6.07, 6.45) is -2.26. The summed E-state index contributed by atoms with van der Waals surface area (Å²) < 4.78 is 40.3. The zero-order chi connectivity index (χ0) is 22.4. The molecule has 1 aromatic heterocycles. The van der Waals surface area contributed by atoms with E-state index in [1.54, 1.807) is 18.2 Å². The van der Waals surface area contributed by atoms with Gasteiger partial charge in [-0.1, -0.05) is 47.6 Å². The summed E-state index contributed by atoms with van der Waals surface area (Å²) in [5.41, 5.74) is 0.257. The topological polar surface area (TPSA) is 59.8 Å². The molecule has 1 amide bonds. The Bertz CT molecular complexity index is 1070. The Balaban J connectivity index is 1.65. The van der Waals surface area contributed by atoms with Gasteiger partial charge in [-0.05, 0) is 35.9 Å². The molecule has 162 valence electrons. The number of alkyl halides is 3. The van der Waals surface area contributed by atoms with Gasteiger partial charge in [-0.3, -0.25) is 4.79 Å². The van der Waals surface area contributed by atoms with Crippen LogP contribution >= 0.6 is 23.4 Å². The average Bonchev–Trinajstić information content (AvgIpc) is 3.09. The molecule has 1 heterocycles. The van der Waals surface area contributed by atoms with Crippen LogP contribution < -0.4 is 5.32 Å². The number of benzene rings is 2. The molecule has 3 rings (SSSR count). The van der Waals surface area contributed by atoms with Gasteiger partial charge >= 0.3 is 6.18 Å². The predicted molar refractivity (Wildman–Crippen MR) is 115 cm³/mol. The lowest BCUT2D eigenvalue weighted by atomic mass is 10.1. The summed E-state index contributed by atoms with van der Waals surface area (Å²) in [4.78, 5) is 12.2. The van der Waals surface area contributed by atoms with E-state index >= 15 is 0 Å². The van der Waals surface area contributed by atoms with Crippen LogP contribution in [-0.4, -0.2) is 26.4 Å². The molecule has 1 N–H and O–H groups in total. The third-order valence-corrected chi connectivity index (χ3v) is 5.41. The Morgan fingerprint density at radius 3 is 2.61 bits per heavy atom. The molecule has 0 bridgehead atoms. The van der Waals surface area contributed by atoms with E-state index in [1.807, 2.05) is 16.7 Å². The Labute approximate surface area is 186 Å². The van der Waals surface area contributed by atoms with Gasteiger partial charge in [0.05, 0.1) is 11.3 Å². The number of allylic oxidation sites excluding steroid dienone is 1. The maximum absolute atomic E-state index is 12.8. The van der Waals surface area contributed by atoms with Crippen LogP contribution in [0.2, 0.25) is 5.02 Å². The van der Waals surface area contributed by atoms with E-state index in [0.717, 1.165) is 29.5 Å². The van der Waals surface area contributed by atoms with Crippen molar-refractivity contribution in [1.82, 2.24) is 14.8 Å². The molecule has 3 aromatic rings. The molecule has 31 heavy (non-hydrogen) atoms. The molecule has 0 atom stereocenters. The molecular formula is C21H18ClF3N4OS. The van der Waals surface area contributed by atoms with Crippen molar-refractivity contribution in [3.63, 3.8) is 0 Å². The fraction of sp³-hybridized carbons (Fsp3) is 0.190. The summed E-state index contributed by atoms with van der Waals surface area (Å²) >= 11 is 7.06. The summed E-state index contributed by atoms with van der Waals surface area (Å²) in [6.45, 7) is 4.19. The molecule has 0 aliphatic carbocycles. The molecule has 0 saturated heterocycles. The highest BCUT2D eigenvalue weighted by molar-refractivity contribution is 7.99. The third kappa shape index (κ3) is 6.35. The van der Waals surface area contributed by atoms with Gasteiger partial charge in [-0.15, -0.1) is 16.8 Å². The van der Waals surface area contributed by atoms with Crippen LogP contribution in [-0.2, 0) is 23.9 Å². The Morgan fingerprint density at radius 2 is 1.94 bits per heavy atom. The highest BCUT2D eigenvalue weighted by Gasteiger charge is 2.30. The minimum absolute atomic E-state index is 0.0353. The smallest absolute Gasteiger partial charge is 0.325 e. The minimum Gasteiger partial charge on any atom is -0.325 e. The third-order valence-electron chi connectivity index (χ3n) is 4.19. The van der Waals surface area contributed by atoms with E-state index in [-0.39, 0.29) is 11.4 Å². The van der Waals surface area contributed by atoms with Crippen LogP contribution in [0, 0.1) is 0 Å². The highest BCUT2D eigenvalue weighted by Crippen LogP contribution is 2.30. The van der Waals surface area contributed by atoms with Gasteiger partial charge in [0.1, 0.15) is 5.82 Å². The number of aromatic nitrogens is 3. The minimum atomic E-state index is -4.48. The van der Waals surface area contributed by atoms with Crippen molar-refractivity contribution in [2.75, 3.05) is 11.1 Å². The number of rotatable bonds is 8. The molecule has 2 aromatic carbocycles. The lowest BCUT2D eigenvalue weighted by Crippen LogP contribution is -2.15. The lowest BCUT2D eigenvalue weighted by molar-refractivity contribution is -0.137. The molecule has 0 spiro atoms. The largest absolute Gasteiger partial charge is 0.416 e. The molecule has 0 fully saturated rings. The number of hydrogen-bond donors (Lipinski definition) is 1. The second-order valence-electron chi connectivity index (χ2n) is 6.52. The van der Waals surface area contributed by atoms with Crippen molar-refractivity contribution in [3.8, 4) is 0 Å². The van der Waals surface area contributed by atoms with Gasteiger partial charge < -0.3 is 9.88 Å². The first-order valence-corrected chi connectivity index (χ1v) is 10.5. The highest BCUT2D eigenvalue weighted by atomic mass is 35.5. The summed E-state index contributed by atoms with van der Waals surface area (Å²) in [6, 6.07) is 11.9. The van der Waals surface area contributed by atoms with E-state index in [1.165, 1.54) is 12.1 Å². The second-order valence-corrected chi connectivity index (χ2v) is 7.90. The van der Waals surface area contributed by atoms with Gasteiger partial charge in [0.15, 0.2) is 5.16 Å². The number of nitrogens with zero attached hydrogens (tertiary/aromatic N) is 3. The fourth-order valence-corrected chi connectivity index (χ4v) is 3.65. The van der Waals surface area contributed by atoms with Crippen molar-refractivity contribution in [2.24, 2.45) is 0 Å². The molecule has 5 nitrogen and oxygen atoms in total. The van der Waals surface area contributed by atoms with E-state index in [2.05, 4.69) is 22.1 Å². The van der Waals surface area contributed by atoms with Crippen molar-refractivity contribution in [3.05, 3.63) is 83.2 Å². The Kier molecular flexibility index (Phi) is 7.40. The van der Waals surface area contributed by atoms with Crippen LogP contribution in [0.3, 0.4) is 0 Å². The monoisotopic (exact) mass is 466 g/mol. The van der Waals surface area contributed by atoms with Gasteiger partial charge in [-0.25, -0.2) is 0 Å². The number of thioether (sulfide) groups is 1. The molecule has 10 heteroatoms. The number of halogens is 4. The Hall–Kier alpha value is -2.78. The van der Waals surface area contributed by atoms with Gasteiger partial charge in [0.2, 0.25) is 5.91 Å². The summed E-state index contributed by atoms with van der Waals surface area (Å²) in [7, 11) is 0. The van der Waals surface area contributed by atoms with Crippen LogP contribution in [0.15, 0.2) is 66.3 Å². The maximum atomic E-state index is 12.8. The molecule has 0 saturated carbocycles. The number of nitrogens with one attached hydrogen (secondary N) is 1. The van der Waals surface area contributed by atoms with Crippen LogP contribution in [0.5, 0.6) is 0 Å². The average molecular weight is 467 g/mol. The van der Waals surface area contributed by atoms with E-state index in [4.69, 9.17) is 11.6 Å². The number of carbonyl (C=O) groups is 1. The summed E-state index contributed by atoms with van der Waals surface area (Å²) in [5.74, 6) is 0.215. The molecular weight excluding hydrogens is 449 g/mol. The first kappa shape index (κ1) is 22.9. The van der Waals surface area contributed by atoms with Crippen LogP contribution in [0.25, 0.3) is 0 Å². The second kappa shape index (κ2) is 10.0. The van der Waals surface area contributed by atoms with Crippen molar-refractivity contribution < 1.29 is 18.0 Å². The summed E-state index contributed by atoms with van der Waals surface area (Å²) in [5, 5.41) is 12.0. The molecule has 0 radical (unpaired) electrons. The molecule has 0 aliphatic rings. The lowest BCUT2D eigenvalue weighted by Gasteiger charge is -2.10. The van der Waals surface area contributed by atoms with Crippen LogP contribution in [0.4, 0.5) is 18.9 Å². The molecule has 0 unspecified atom stereocenters. The fourth-order valence-electron chi connectivity index (χ4n) is 2.75. The van der Waals surface area contributed by atoms with Gasteiger partial charge in [0.25, 0.3) is 0 Å². The van der Waals surface area contributed by atoms with E-state index < -0.39 is 17.6 Å². The quantitative estimate of drug-likeness (QED) is 0.354. The Morgan fingerprint density at radius 1 is 1.19 bits per heavy atom. The number of carbonyl (C=O) groups excluding carboxylic acids is 1. The molecule has 0 aliphatic heterocycles. The van der Waals surface area contributed by atoms with Crippen molar-refractivity contribution in [2.45, 2.75) is 24.3 Å². The predicted octanol–water partition coefficient (Wildman–Crippen LogP) is 5.46. The zero-order valence-corrected chi connectivity index (χ0v) is 17.8. The first-order valence-electron chi connectivity index (χ1n) is 9.13. The van der Waals surface area contributed by atoms with Crippen LogP contribution in [0.1, 0.15) is 17.0 Å². The number of hydrogen-bond acceptors (Lipinski definition) is 4. The standard InChI is InChI=1S/C21H18ClF3N4OS/c1-2-10-29-18(11-14-6-8-16(22)9-7-14)27-28-20(29)31-13-19(30)26-17-5-3-4-15(12-17)21(23,24)25/h2-9,12H,1,10-11,13H2,(H,26,30). The van der Waals surface area contributed by atoms with Crippen molar-refractivity contribution in [1.29, 1.82) is 0 Å². The first-order chi connectivity index (χ1) is 14.8.